The monoisotopic (exact) mass is 577 g/mol. The lowest BCUT2D eigenvalue weighted by Crippen LogP contribution is -2.39. The van der Waals surface area contributed by atoms with E-state index in [-0.39, 0.29) is 45.2 Å². The largest absolute Gasteiger partial charge is 0.434 e. The molecule has 1 fully saturated rings. The number of aromatic nitrogens is 2. The summed E-state index contributed by atoms with van der Waals surface area (Å²) in [6.45, 7) is 5.68. The van der Waals surface area contributed by atoms with Crippen LogP contribution in [0.2, 0.25) is 5.02 Å². The number of benzene rings is 1. The summed E-state index contributed by atoms with van der Waals surface area (Å²) in [5.74, 6) is -0.154. The van der Waals surface area contributed by atoms with Crippen LogP contribution in [0.4, 0.5) is 22.0 Å². The lowest BCUT2D eigenvalue weighted by atomic mass is 9.69. The fraction of sp³-hybridized carbons (Fsp3) is 0.643. The van der Waals surface area contributed by atoms with Gasteiger partial charge in [0.05, 0.1) is 16.1 Å². The average Bonchev–Trinajstić information content (AvgIpc) is 3.19. The molecule has 39 heavy (non-hydrogen) atoms. The van der Waals surface area contributed by atoms with Crippen LogP contribution in [0.1, 0.15) is 82.8 Å². The molecule has 11 heteroatoms. The molecule has 218 valence electrons. The zero-order valence-electron chi connectivity index (χ0n) is 23.0. The fourth-order valence-corrected chi connectivity index (χ4v) is 5.45. The maximum Gasteiger partial charge on any atom is 0.394 e. The highest BCUT2D eigenvalue weighted by Crippen LogP contribution is 2.44. The van der Waals surface area contributed by atoms with Gasteiger partial charge in [-0.25, -0.2) is 0 Å². The number of rotatable bonds is 10. The summed E-state index contributed by atoms with van der Waals surface area (Å²) in [5.41, 5.74) is -1.68. The van der Waals surface area contributed by atoms with Crippen molar-refractivity contribution in [3.63, 3.8) is 0 Å². The summed E-state index contributed by atoms with van der Waals surface area (Å²) >= 11 is 6.63. The quantitative estimate of drug-likeness (QED) is 0.289. The van der Waals surface area contributed by atoms with E-state index in [4.69, 9.17) is 16.3 Å². The number of carbonyl (C=O) groups excluding carboxylic acids is 1. The molecule has 3 rings (SSSR count). The molecular weight excluding hydrogens is 541 g/mol. The molecule has 1 amide bonds. The molecule has 5 nitrogen and oxygen atoms in total. The van der Waals surface area contributed by atoms with E-state index in [0.29, 0.717) is 12.5 Å². The van der Waals surface area contributed by atoms with Crippen LogP contribution in [-0.2, 0) is 13.0 Å². The van der Waals surface area contributed by atoms with Gasteiger partial charge in [-0.3, -0.25) is 9.48 Å². The van der Waals surface area contributed by atoms with Gasteiger partial charge in [0.15, 0.2) is 5.69 Å². The number of nitrogens with one attached hydrogen (secondary N) is 1. The van der Waals surface area contributed by atoms with Crippen LogP contribution in [0.15, 0.2) is 18.2 Å². The summed E-state index contributed by atoms with van der Waals surface area (Å²) in [4.78, 5) is 13.2. The molecular formula is C28H37ClF5N3O2. The normalized spacial score (nSPS) is 20.4. The van der Waals surface area contributed by atoms with E-state index in [1.807, 2.05) is 0 Å². The van der Waals surface area contributed by atoms with Gasteiger partial charge in [0.1, 0.15) is 5.75 Å². The maximum absolute atomic E-state index is 13.4. The highest BCUT2D eigenvalue weighted by molar-refractivity contribution is 6.36. The molecule has 2 aromatic rings. The molecule has 1 aromatic carbocycles. The number of ether oxygens (including phenoxy) is 1. The van der Waals surface area contributed by atoms with Crippen LogP contribution in [-0.4, -0.2) is 35.0 Å². The van der Waals surface area contributed by atoms with Crippen LogP contribution >= 0.6 is 11.6 Å². The second-order valence-corrected chi connectivity index (χ2v) is 11.7. The summed E-state index contributed by atoms with van der Waals surface area (Å²) in [6, 6.07) is 3.96. The van der Waals surface area contributed by atoms with E-state index >= 15 is 0 Å². The van der Waals surface area contributed by atoms with Crippen molar-refractivity contribution in [1.29, 1.82) is 0 Å². The Labute approximate surface area is 231 Å². The number of aryl methyl sites for hydroxylation is 1. The van der Waals surface area contributed by atoms with Crippen molar-refractivity contribution in [2.45, 2.75) is 92.5 Å². The van der Waals surface area contributed by atoms with Gasteiger partial charge >= 0.3 is 12.8 Å². The molecule has 1 aliphatic carbocycles. The van der Waals surface area contributed by atoms with Gasteiger partial charge in [0.25, 0.3) is 5.91 Å². The molecule has 0 saturated heterocycles. The first-order valence-corrected chi connectivity index (χ1v) is 13.7. The number of nitrogens with zero attached hydrogens (tertiary/aromatic N) is 2. The van der Waals surface area contributed by atoms with Gasteiger partial charge in [-0.1, -0.05) is 58.2 Å². The molecule has 0 spiro atoms. The zero-order chi connectivity index (χ0) is 29.2. The number of amides is 1. The van der Waals surface area contributed by atoms with Crippen molar-refractivity contribution >= 4 is 17.5 Å². The summed E-state index contributed by atoms with van der Waals surface area (Å²) < 4.78 is 73.1. The van der Waals surface area contributed by atoms with E-state index in [1.165, 1.54) is 16.8 Å². The smallest absolute Gasteiger partial charge is 0.394 e. The predicted octanol–water partition coefficient (Wildman–Crippen LogP) is 8.29. The Morgan fingerprint density at radius 3 is 2.41 bits per heavy atom. The van der Waals surface area contributed by atoms with Crippen LogP contribution < -0.4 is 10.1 Å². The SMILES string of the molecule is CCn1nc(C(=O)NCC2(CC)CCC(C)CC2)c(Cl)c1-c1ccc(CC(C)(C)C(F)(F)F)cc1OC(F)F. The van der Waals surface area contributed by atoms with Gasteiger partial charge in [-0.15, -0.1) is 0 Å². The predicted molar refractivity (Wildman–Crippen MR) is 141 cm³/mol. The van der Waals surface area contributed by atoms with Crippen LogP contribution in [0.3, 0.4) is 0 Å². The Hall–Kier alpha value is -2.36. The van der Waals surface area contributed by atoms with E-state index in [1.54, 1.807) is 6.92 Å². The molecule has 0 atom stereocenters. The summed E-state index contributed by atoms with van der Waals surface area (Å²) in [7, 11) is 0. The first-order chi connectivity index (χ1) is 18.1. The molecule has 1 heterocycles. The number of alkyl halides is 5. The average molecular weight is 578 g/mol. The van der Waals surface area contributed by atoms with Crippen LogP contribution in [0.5, 0.6) is 5.75 Å². The third-order valence-corrected chi connectivity index (χ3v) is 8.41. The minimum absolute atomic E-state index is 0.00307. The van der Waals surface area contributed by atoms with Crippen molar-refractivity contribution in [3.05, 3.63) is 34.5 Å². The molecule has 1 N–H and O–H groups in total. The van der Waals surface area contributed by atoms with Gasteiger partial charge in [-0.2, -0.15) is 27.1 Å². The van der Waals surface area contributed by atoms with Crippen molar-refractivity contribution in [2.24, 2.45) is 16.7 Å². The fourth-order valence-electron chi connectivity index (χ4n) is 5.13. The van der Waals surface area contributed by atoms with Crippen LogP contribution in [0.25, 0.3) is 11.3 Å². The standard InChI is InChI=1S/C28H37ClF5N3O2/c1-6-27(12-10-17(3)11-13-27)16-35-24(38)22-21(29)23(37(7-2)36-22)19-9-8-18(14-20(19)39-25(30)31)15-26(4,5)28(32,33)34/h8-9,14,17,25H,6-7,10-13,15-16H2,1-5H3,(H,35,38). The molecule has 1 aliphatic rings. The molecule has 0 unspecified atom stereocenters. The Balaban J connectivity index is 1.94. The van der Waals surface area contributed by atoms with Gasteiger partial charge < -0.3 is 10.1 Å². The van der Waals surface area contributed by atoms with Gasteiger partial charge in [0.2, 0.25) is 0 Å². The van der Waals surface area contributed by atoms with E-state index in [9.17, 15) is 26.7 Å². The Morgan fingerprint density at radius 2 is 1.87 bits per heavy atom. The van der Waals surface area contributed by atoms with Gasteiger partial charge in [-0.05, 0) is 61.6 Å². The Morgan fingerprint density at radius 1 is 1.23 bits per heavy atom. The molecule has 0 radical (unpaired) electrons. The van der Waals surface area contributed by atoms with Gasteiger partial charge in [0, 0.05) is 18.7 Å². The second-order valence-electron chi connectivity index (χ2n) is 11.3. The van der Waals surface area contributed by atoms with E-state index in [0.717, 1.165) is 52.0 Å². The van der Waals surface area contributed by atoms with E-state index in [2.05, 4.69) is 24.3 Å². The lowest BCUT2D eigenvalue weighted by Gasteiger charge is -2.39. The highest BCUT2D eigenvalue weighted by Gasteiger charge is 2.47. The van der Waals surface area contributed by atoms with Crippen molar-refractivity contribution in [2.75, 3.05) is 6.54 Å². The molecule has 0 bridgehead atoms. The van der Waals surface area contributed by atoms with Crippen LogP contribution in [0, 0.1) is 16.7 Å². The zero-order valence-corrected chi connectivity index (χ0v) is 23.8. The minimum Gasteiger partial charge on any atom is -0.434 e. The Bertz CT molecular complexity index is 1150. The summed E-state index contributed by atoms with van der Waals surface area (Å²) in [6.07, 6.45) is 0.216. The first kappa shape index (κ1) is 31.2. The third kappa shape index (κ3) is 7.05. The topological polar surface area (TPSA) is 56.2 Å². The highest BCUT2D eigenvalue weighted by atomic mass is 35.5. The molecule has 1 saturated carbocycles. The summed E-state index contributed by atoms with van der Waals surface area (Å²) in [5, 5.41) is 7.27. The number of hydrogen-bond donors (Lipinski definition) is 1. The molecule has 1 aromatic heterocycles. The number of carbonyl (C=O) groups is 1. The maximum atomic E-state index is 13.4. The van der Waals surface area contributed by atoms with Crippen molar-refractivity contribution < 1.29 is 31.5 Å². The van der Waals surface area contributed by atoms with E-state index < -0.39 is 30.5 Å². The minimum atomic E-state index is -4.49. The second kappa shape index (κ2) is 12.0. The Kier molecular flexibility index (Phi) is 9.61. The number of halogens is 6. The number of hydrogen-bond acceptors (Lipinski definition) is 3. The van der Waals surface area contributed by atoms with Crippen molar-refractivity contribution in [1.82, 2.24) is 15.1 Å². The first-order valence-electron chi connectivity index (χ1n) is 13.3. The van der Waals surface area contributed by atoms with Crippen molar-refractivity contribution in [3.8, 4) is 17.0 Å². The molecule has 0 aliphatic heterocycles. The third-order valence-electron chi connectivity index (χ3n) is 8.05. The lowest BCUT2D eigenvalue weighted by molar-refractivity contribution is -0.211.